The maximum atomic E-state index is 13.3. The summed E-state index contributed by atoms with van der Waals surface area (Å²) in [5.74, 6) is -0.373. The molecule has 0 radical (unpaired) electrons. The van der Waals surface area contributed by atoms with Crippen molar-refractivity contribution in [1.29, 1.82) is 0 Å². The van der Waals surface area contributed by atoms with Gasteiger partial charge >= 0.3 is 0 Å². The largest absolute Gasteiger partial charge is 0.340 e. The van der Waals surface area contributed by atoms with E-state index in [1.807, 2.05) is 43.3 Å². The van der Waals surface area contributed by atoms with Crippen LogP contribution in [0.25, 0.3) is 17.0 Å². The lowest BCUT2D eigenvalue weighted by Crippen LogP contribution is -2.28. The molecule has 170 valence electrons. The third-order valence-electron chi connectivity index (χ3n) is 5.99. The Morgan fingerprint density at radius 2 is 1.68 bits per heavy atom. The van der Waals surface area contributed by atoms with Gasteiger partial charge in [-0.25, -0.2) is 9.38 Å². The number of carbonyl (C=O) groups is 1. The highest BCUT2D eigenvalue weighted by molar-refractivity contribution is 8.18. The Hall–Kier alpha value is -3.64. The molecule has 0 atom stereocenters. The molecule has 1 saturated heterocycles. The second-order valence-corrected chi connectivity index (χ2v) is 9.13. The Morgan fingerprint density at radius 3 is 2.41 bits per heavy atom. The number of para-hydroxylation sites is 1. The maximum Gasteiger partial charge on any atom is 0.266 e. The molecule has 0 aliphatic carbocycles. The summed E-state index contributed by atoms with van der Waals surface area (Å²) < 4.78 is 15.6. The number of fused-ring (bicyclic) bond motifs is 1. The Bertz CT molecular complexity index is 1420. The maximum absolute atomic E-state index is 13.3. The molecule has 34 heavy (non-hydrogen) atoms. The van der Waals surface area contributed by atoms with Gasteiger partial charge in [0.05, 0.1) is 10.6 Å². The number of amides is 1. The van der Waals surface area contributed by atoms with E-state index < -0.39 is 0 Å². The fraction of sp³-hybridized carbons (Fsp3) is 0.143. The normalized spacial score (nSPS) is 16.3. The van der Waals surface area contributed by atoms with Crippen molar-refractivity contribution in [1.82, 2.24) is 9.47 Å². The molecule has 1 fully saturated rings. The molecular formula is C28H24FN3OS. The summed E-state index contributed by atoms with van der Waals surface area (Å²) in [5, 5.41) is 1.72. The van der Waals surface area contributed by atoms with Crippen LogP contribution in [0.15, 0.2) is 88.8 Å². The molecule has 1 aliphatic heterocycles. The van der Waals surface area contributed by atoms with E-state index >= 15 is 0 Å². The van der Waals surface area contributed by atoms with Gasteiger partial charge in [-0.1, -0.05) is 48.5 Å². The minimum absolute atomic E-state index is 0.0624. The predicted octanol–water partition coefficient (Wildman–Crippen LogP) is 6.76. The molecule has 6 heteroatoms. The van der Waals surface area contributed by atoms with E-state index in [1.54, 1.807) is 17.0 Å². The van der Waals surface area contributed by atoms with Crippen LogP contribution >= 0.6 is 11.8 Å². The summed E-state index contributed by atoms with van der Waals surface area (Å²) in [5.41, 5.74) is 5.13. The molecule has 1 amide bonds. The van der Waals surface area contributed by atoms with Gasteiger partial charge in [-0.05, 0) is 67.6 Å². The van der Waals surface area contributed by atoms with Crippen LogP contribution in [0, 0.1) is 12.7 Å². The summed E-state index contributed by atoms with van der Waals surface area (Å²) in [7, 11) is 0. The lowest BCUT2D eigenvalue weighted by atomic mass is 10.1. The second kappa shape index (κ2) is 9.31. The first-order valence-corrected chi connectivity index (χ1v) is 12.0. The summed E-state index contributed by atoms with van der Waals surface area (Å²) in [4.78, 5) is 20.1. The molecule has 0 N–H and O–H groups in total. The Morgan fingerprint density at radius 1 is 0.971 bits per heavy atom. The predicted molar refractivity (Wildman–Crippen MR) is 139 cm³/mol. The van der Waals surface area contributed by atoms with Gasteiger partial charge in [0.2, 0.25) is 0 Å². The van der Waals surface area contributed by atoms with Gasteiger partial charge in [0, 0.05) is 35.2 Å². The van der Waals surface area contributed by atoms with Crippen LogP contribution in [-0.2, 0) is 11.3 Å². The summed E-state index contributed by atoms with van der Waals surface area (Å²) in [6, 6.07) is 24.6. The molecular weight excluding hydrogens is 445 g/mol. The summed E-state index contributed by atoms with van der Waals surface area (Å²) >= 11 is 1.36. The lowest BCUT2D eigenvalue weighted by molar-refractivity contribution is -0.122. The second-order valence-electron chi connectivity index (χ2n) is 8.12. The van der Waals surface area contributed by atoms with E-state index in [9.17, 15) is 9.18 Å². The van der Waals surface area contributed by atoms with Gasteiger partial charge in [-0.15, -0.1) is 0 Å². The highest BCUT2D eigenvalue weighted by Gasteiger charge is 2.32. The Kier molecular flexibility index (Phi) is 6.07. The fourth-order valence-electron chi connectivity index (χ4n) is 4.24. The molecule has 3 aromatic carbocycles. The fourth-order valence-corrected chi connectivity index (χ4v) is 5.28. The number of hydrogen-bond acceptors (Lipinski definition) is 3. The minimum Gasteiger partial charge on any atom is -0.340 e. The van der Waals surface area contributed by atoms with Crippen LogP contribution in [0.4, 0.5) is 10.1 Å². The zero-order valence-corrected chi connectivity index (χ0v) is 19.8. The monoisotopic (exact) mass is 469 g/mol. The standard InChI is InChI=1S/C28H24FN3OS/c1-3-31-27(33)26(34-28(31)30-22-15-13-21(29)14-16-22)17-24-19(2)32(18-20-9-5-4-6-10-20)25-12-8-7-11-23(24)25/h4-17H,3,18H2,1-2H3/b26-17+,30-28?. The lowest BCUT2D eigenvalue weighted by Gasteiger charge is -2.11. The van der Waals surface area contributed by atoms with Crippen molar-refractivity contribution in [2.75, 3.05) is 6.54 Å². The van der Waals surface area contributed by atoms with Crippen LogP contribution in [0.2, 0.25) is 0 Å². The molecule has 4 aromatic rings. The average molecular weight is 470 g/mol. The van der Waals surface area contributed by atoms with Crippen LogP contribution < -0.4 is 0 Å². The van der Waals surface area contributed by atoms with Crippen molar-refractivity contribution in [3.05, 3.63) is 106 Å². The summed E-state index contributed by atoms with van der Waals surface area (Å²) in [6.07, 6.45) is 1.99. The topological polar surface area (TPSA) is 37.6 Å². The number of carbonyl (C=O) groups excluding carboxylic acids is 1. The van der Waals surface area contributed by atoms with Gasteiger partial charge in [-0.3, -0.25) is 9.69 Å². The molecule has 1 aromatic heterocycles. The third kappa shape index (κ3) is 4.17. The van der Waals surface area contributed by atoms with Gasteiger partial charge in [0.15, 0.2) is 5.17 Å². The number of thioether (sulfide) groups is 1. The van der Waals surface area contributed by atoms with Crippen LogP contribution in [0.1, 0.15) is 23.7 Å². The van der Waals surface area contributed by atoms with Crippen molar-refractivity contribution in [2.24, 2.45) is 4.99 Å². The van der Waals surface area contributed by atoms with E-state index in [0.717, 1.165) is 28.7 Å². The highest BCUT2D eigenvalue weighted by Crippen LogP contribution is 2.37. The van der Waals surface area contributed by atoms with E-state index in [4.69, 9.17) is 0 Å². The number of halogens is 1. The number of likely N-dealkylation sites (N-methyl/N-ethyl adjacent to an activating group) is 1. The van der Waals surface area contributed by atoms with E-state index in [2.05, 4.69) is 40.7 Å². The molecule has 2 heterocycles. The van der Waals surface area contributed by atoms with Crippen molar-refractivity contribution in [3.8, 4) is 0 Å². The van der Waals surface area contributed by atoms with Crippen molar-refractivity contribution >= 4 is 45.5 Å². The van der Waals surface area contributed by atoms with E-state index in [0.29, 0.717) is 22.3 Å². The zero-order valence-electron chi connectivity index (χ0n) is 19.0. The Labute approximate surface area is 202 Å². The number of benzene rings is 3. The summed E-state index contributed by atoms with van der Waals surface area (Å²) in [6.45, 7) is 5.30. The third-order valence-corrected chi connectivity index (χ3v) is 7.00. The van der Waals surface area contributed by atoms with E-state index in [1.165, 1.54) is 29.5 Å². The Balaban J connectivity index is 1.56. The first-order chi connectivity index (χ1) is 16.5. The van der Waals surface area contributed by atoms with Gasteiger partial charge in [0.25, 0.3) is 5.91 Å². The molecule has 0 unspecified atom stereocenters. The molecule has 1 aliphatic rings. The van der Waals surface area contributed by atoms with Crippen LogP contribution in [-0.4, -0.2) is 27.1 Å². The number of nitrogens with zero attached hydrogens (tertiary/aromatic N) is 3. The van der Waals surface area contributed by atoms with E-state index in [-0.39, 0.29) is 11.7 Å². The zero-order chi connectivity index (χ0) is 23.7. The number of aliphatic imine (C=N–C) groups is 1. The molecule has 0 spiro atoms. The molecule has 0 saturated carbocycles. The van der Waals surface area contributed by atoms with Gasteiger partial charge < -0.3 is 4.57 Å². The first-order valence-electron chi connectivity index (χ1n) is 11.2. The van der Waals surface area contributed by atoms with Crippen LogP contribution in [0.3, 0.4) is 0 Å². The van der Waals surface area contributed by atoms with Crippen molar-refractivity contribution in [3.63, 3.8) is 0 Å². The number of hydrogen-bond donors (Lipinski definition) is 0. The van der Waals surface area contributed by atoms with Crippen molar-refractivity contribution in [2.45, 2.75) is 20.4 Å². The SMILES string of the molecule is CCN1C(=O)/C(=C\c2c(C)n(Cc3ccccc3)c3ccccc23)SC1=Nc1ccc(F)cc1. The first kappa shape index (κ1) is 22.2. The van der Waals surface area contributed by atoms with Gasteiger partial charge in [-0.2, -0.15) is 0 Å². The van der Waals surface area contributed by atoms with Gasteiger partial charge in [0.1, 0.15) is 5.82 Å². The van der Waals surface area contributed by atoms with Crippen molar-refractivity contribution < 1.29 is 9.18 Å². The number of aromatic nitrogens is 1. The minimum atomic E-state index is -0.311. The smallest absolute Gasteiger partial charge is 0.266 e. The average Bonchev–Trinajstić information content (AvgIpc) is 3.29. The quantitative estimate of drug-likeness (QED) is 0.303. The molecule has 4 nitrogen and oxygen atoms in total. The molecule has 0 bridgehead atoms. The molecule has 5 rings (SSSR count). The van der Waals surface area contributed by atoms with Crippen LogP contribution in [0.5, 0.6) is 0 Å². The number of rotatable bonds is 5. The highest BCUT2D eigenvalue weighted by atomic mass is 32.2. The number of amidine groups is 1.